The van der Waals surface area contributed by atoms with Crippen molar-refractivity contribution in [3.63, 3.8) is 0 Å². The number of anilines is 3. The van der Waals surface area contributed by atoms with Gasteiger partial charge in [0.2, 0.25) is 5.91 Å². The van der Waals surface area contributed by atoms with Crippen molar-refractivity contribution >= 4 is 28.8 Å². The maximum absolute atomic E-state index is 12.5. The number of carbonyl (C=O) groups is 1. The lowest BCUT2D eigenvalue weighted by Gasteiger charge is -2.28. The van der Waals surface area contributed by atoms with Crippen LogP contribution in [0.3, 0.4) is 0 Å². The molecule has 2 N–H and O–H groups in total. The molecule has 2 aliphatic heterocycles. The number of aromatic nitrogens is 1. The van der Waals surface area contributed by atoms with Crippen LogP contribution in [0.5, 0.6) is 0 Å². The molecule has 9 nitrogen and oxygen atoms in total. The number of likely N-dealkylation sites (tertiary alicyclic amines) is 1. The Labute approximate surface area is 181 Å². The molecule has 1 unspecified atom stereocenters. The zero-order valence-corrected chi connectivity index (χ0v) is 17.5. The zero-order chi connectivity index (χ0) is 21.6. The van der Waals surface area contributed by atoms with Crippen molar-refractivity contribution in [1.82, 2.24) is 9.88 Å². The first-order valence-electron chi connectivity index (χ1n) is 10.8. The average molecular weight is 425 g/mol. The molecule has 1 amide bonds. The molecule has 0 spiro atoms. The summed E-state index contributed by atoms with van der Waals surface area (Å²) < 4.78 is 0. The van der Waals surface area contributed by atoms with Gasteiger partial charge in [-0.3, -0.25) is 19.8 Å². The van der Waals surface area contributed by atoms with E-state index in [9.17, 15) is 14.9 Å². The van der Waals surface area contributed by atoms with E-state index in [1.165, 1.54) is 37.2 Å². The minimum absolute atomic E-state index is 0.0279. The second kappa shape index (κ2) is 9.74. The van der Waals surface area contributed by atoms with Crippen LogP contribution in [-0.2, 0) is 4.79 Å². The van der Waals surface area contributed by atoms with Crippen LogP contribution in [0.2, 0.25) is 0 Å². The fourth-order valence-corrected chi connectivity index (χ4v) is 4.19. The van der Waals surface area contributed by atoms with E-state index in [1.807, 2.05) is 12.1 Å². The number of pyridine rings is 1. The van der Waals surface area contributed by atoms with Crippen molar-refractivity contribution in [1.29, 1.82) is 0 Å². The molecule has 1 atom stereocenters. The maximum atomic E-state index is 12.5. The molecule has 0 aliphatic carbocycles. The minimum atomic E-state index is -0.464. The molecule has 3 heterocycles. The van der Waals surface area contributed by atoms with Crippen LogP contribution in [0.25, 0.3) is 0 Å². The molecule has 2 saturated heterocycles. The van der Waals surface area contributed by atoms with Crippen molar-refractivity contribution in [3.05, 3.63) is 52.7 Å². The lowest BCUT2D eigenvalue weighted by Crippen LogP contribution is -2.33. The van der Waals surface area contributed by atoms with Crippen LogP contribution in [0.1, 0.15) is 25.7 Å². The fourth-order valence-electron chi connectivity index (χ4n) is 4.19. The lowest BCUT2D eigenvalue weighted by atomic mass is 10.1. The Balaban J connectivity index is 1.22. The summed E-state index contributed by atoms with van der Waals surface area (Å²) in [5, 5.41) is 17.0. The van der Waals surface area contributed by atoms with E-state index in [4.69, 9.17) is 0 Å². The van der Waals surface area contributed by atoms with Crippen LogP contribution < -0.4 is 15.5 Å². The SMILES string of the molecule is O=C(CN1CCC(Nc2ccc([N+](=O)[O-])cn2)C1)Nc1ccc(N2CCCCC2)cc1. The number of hydrogen-bond donors (Lipinski definition) is 2. The van der Waals surface area contributed by atoms with Crippen LogP contribution in [0.4, 0.5) is 22.9 Å². The highest BCUT2D eigenvalue weighted by molar-refractivity contribution is 5.92. The van der Waals surface area contributed by atoms with Gasteiger partial charge in [-0.2, -0.15) is 0 Å². The van der Waals surface area contributed by atoms with Crippen molar-refractivity contribution < 1.29 is 9.72 Å². The number of piperidine rings is 1. The molecule has 1 aromatic heterocycles. The van der Waals surface area contributed by atoms with Gasteiger partial charge in [-0.1, -0.05) is 0 Å². The van der Waals surface area contributed by atoms with Gasteiger partial charge < -0.3 is 15.5 Å². The van der Waals surface area contributed by atoms with Gasteiger partial charge in [0.1, 0.15) is 12.0 Å². The minimum Gasteiger partial charge on any atom is -0.372 e. The summed E-state index contributed by atoms with van der Waals surface area (Å²) in [7, 11) is 0. The Hall–Kier alpha value is -3.20. The average Bonchev–Trinajstić information content (AvgIpc) is 3.21. The lowest BCUT2D eigenvalue weighted by molar-refractivity contribution is -0.385. The van der Waals surface area contributed by atoms with E-state index in [-0.39, 0.29) is 17.6 Å². The Morgan fingerprint density at radius 2 is 1.87 bits per heavy atom. The van der Waals surface area contributed by atoms with Crippen LogP contribution in [-0.4, -0.2) is 59.5 Å². The predicted octanol–water partition coefficient (Wildman–Crippen LogP) is 3.11. The molecule has 0 radical (unpaired) electrons. The van der Waals surface area contributed by atoms with Crippen LogP contribution >= 0.6 is 0 Å². The van der Waals surface area contributed by atoms with Crippen molar-refractivity contribution in [2.75, 3.05) is 48.3 Å². The Morgan fingerprint density at radius 1 is 1.10 bits per heavy atom. The Bertz CT molecular complexity index is 896. The normalized spacial score (nSPS) is 19.2. The van der Waals surface area contributed by atoms with E-state index < -0.39 is 4.92 Å². The standard InChI is InChI=1S/C22H28N6O3/c29-22(25-17-4-6-19(7-5-17)27-11-2-1-3-12-27)16-26-13-10-18(15-26)24-21-9-8-20(14-23-21)28(30)31/h4-9,14,18H,1-3,10-13,15-16H2,(H,23,24)(H,25,29). The zero-order valence-electron chi connectivity index (χ0n) is 17.5. The number of benzene rings is 1. The summed E-state index contributed by atoms with van der Waals surface area (Å²) in [6, 6.07) is 11.3. The second-order valence-electron chi connectivity index (χ2n) is 8.17. The van der Waals surface area contributed by atoms with E-state index in [0.29, 0.717) is 12.4 Å². The molecule has 1 aromatic carbocycles. The topological polar surface area (TPSA) is 104 Å². The number of amides is 1. The summed E-state index contributed by atoms with van der Waals surface area (Å²) in [6.07, 6.45) is 5.92. The van der Waals surface area contributed by atoms with E-state index in [2.05, 4.69) is 37.6 Å². The third-order valence-electron chi connectivity index (χ3n) is 5.82. The van der Waals surface area contributed by atoms with E-state index in [0.717, 1.165) is 38.3 Å². The molecule has 4 rings (SSSR count). The van der Waals surface area contributed by atoms with Gasteiger partial charge in [0.05, 0.1) is 11.5 Å². The van der Waals surface area contributed by atoms with Crippen molar-refractivity contribution in [2.24, 2.45) is 0 Å². The van der Waals surface area contributed by atoms with Crippen LogP contribution in [0, 0.1) is 10.1 Å². The first-order valence-corrected chi connectivity index (χ1v) is 10.8. The largest absolute Gasteiger partial charge is 0.372 e. The highest BCUT2D eigenvalue weighted by Gasteiger charge is 2.24. The summed E-state index contributed by atoms with van der Waals surface area (Å²) in [6.45, 7) is 4.07. The van der Waals surface area contributed by atoms with E-state index in [1.54, 1.807) is 6.07 Å². The van der Waals surface area contributed by atoms with Gasteiger partial charge in [0.25, 0.3) is 5.69 Å². The molecule has 2 aliphatic rings. The number of nitro groups is 1. The number of nitrogens with zero attached hydrogens (tertiary/aromatic N) is 4. The maximum Gasteiger partial charge on any atom is 0.287 e. The third kappa shape index (κ3) is 5.69. The Morgan fingerprint density at radius 3 is 2.55 bits per heavy atom. The molecule has 2 fully saturated rings. The van der Waals surface area contributed by atoms with Gasteiger partial charge in [0.15, 0.2) is 0 Å². The van der Waals surface area contributed by atoms with Gasteiger partial charge >= 0.3 is 0 Å². The molecular formula is C22H28N6O3. The van der Waals surface area contributed by atoms with Gasteiger partial charge in [-0.15, -0.1) is 0 Å². The van der Waals surface area contributed by atoms with E-state index >= 15 is 0 Å². The molecular weight excluding hydrogens is 396 g/mol. The highest BCUT2D eigenvalue weighted by Crippen LogP contribution is 2.22. The summed E-state index contributed by atoms with van der Waals surface area (Å²) in [5.74, 6) is 0.579. The fraction of sp³-hybridized carbons (Fsp3) is 0.455. The van der Waals surface area contributed by atoms with Gasteiger partial charge in [-0.05, 0) is 56.0 Å². The van der Waals surface area contributed by atoms with Crippen molar-refractivity contribution in [3.8, 4) is 0 Å². The molecule has 9 heteroatoms. The number of carbonyl (C=O) groups excluding carboxylic acids is 1. The molecule has 0 bridgehead atoms. The molecule has 0 saturated carbocycles. The number of nitrogens with one attached hydrogen (secondary N) is 2. The smallest absolute Gasteiger partial charge is 0.287 e. The van der Waals surface area contributed by atoms with Gasteiger partial charge in [0, 0.05) is 49.7 Å². The summed E-state index contributed by atoms with van der Waals surface area (Å²) in [4.78, 5) is 31.3. The predicted molar refractivity (Wildman–Crippen MR) is 120 cm³/mol. The third-order valence-corrected chi connectivity index (χ3v) is 5.82. The quantitative estimate of drug-likeness (QED) is 0.520. The van der Waals surface area contributed by atoms with Crippen LogP contribution in [0.15, 0.2) is 42.6 Å². The summed E-state index contributed by atoms with van der Waals surface area (Å²) in [5.41, 5.74) is 2.00. The monoisotopic (exact) mass is 424 g/mol. The second-order valence-corrected chi connectivity index (χ2v) is 8.17. The highest BCUT2D eigenvalue weighted by atomic mass is 16.6. The molecule has 31 heavy (non-hydrogen) atoms. The summed E-state index contributed by atoms with van der Waals surface area (Å²) >= 11 is 0. The molecule has 2 aromatic rings. The first-order chi connectivity index (χ1) is 15.1. The first kappa shape index (κ1) is 21.0. The van der Waals surface area contributed by atoms with Gasteiger partial charge in [-0.25, -0.2) is 4.98 Å². The molecule has 164 valence electrons. The number of hydrogen-bond acceptors (Lipinski definition) is 7. The number of rotatable bonds is 7. The van der Waals surface area contributed by atoms with Crippen molar-refractivity contribution in [2.45, 2.75) is 31.7 Å². The Kier molecular flexibility index (Phi) is 6.61.